The van der Waals surface area contributed by atoms with Crippen molar-refractivity contribution in [1.82, 2.24) is 9.97 Å². The number of hydrogen-bond acceptors (Lipinski definition) is 5. The van der Waals surface area contributed by atoms with Crippen molar-refractivity contribution in [3.8, 4) is 11.5 Å². The van der Waals surface area contributed by atoms with E-state index in [-0.39, 0.29) is 17.1 Å². The number of aromatic nitrogens is 2. The molecule has 0 unspecified atom stereocenters. The zero-order valence-corrected chi connectivity index (χ0v) is 14.5. The van der Waals surface area contributed by atoms with E-state index in [1.54, 1.807) is 42.5 Å². The zero-order valence-electron chi connectivity index (χ0n) is 13.6. The first-order valence-electron chi connectivity index (χ1n) is 7.55. The largest absolute Gasteiger partial charge is 0.455 e. The molecule has 134 valence electrons. The Morgan fingerprint density at radius 1 is 0.923 bits per heavy atom. The third kappa shape index (κ3) is 3.67. The van der Waals surface area contributed by atoms with Crippen molar-refractivity contribution in [2.45, 2.75) is 11.8 Å². The summed E-state index contributed by atoms with van der Waals surface area (Å²) in [4.78, 5) is 26.8. The first-order valence-corrected chi connectivity index (χ1v) is 9.03. The van der Waals surface area contributed by atoms with Gasteiger partial charge in [0, 0.05) is 5.69 Å². The maximum absolute atomic E-state index is 12.7. The van der Waals surface area contributed by atoms with Crippen molar-refractivity contribution in [3.05, 3.63) is 81.1 Å². The monoisotopic (exact) mass is 373 g/mol. The second-order valence-electron chi connectivity index (χ2n) is 5.38. The highest BCUT2D eigenvalue weighted by Gasteiger charge is 2.23. The van der Waals surface area contributed by atoms with Gasteiger partial charge in [0.2, 0.25) is 0 Å². The van der Waals surface area contributed by atoms with Crippen molar-refractivity contribution in [3.63, 3.8) is 0 Å². The number of ether oxygens (including phenoxy) is 1. The Balaban J connectivity index is 1.99. The van der Waals surface area contributed by atoms with Gasteiger partial charge in [0.25, 0.3) is 15.6 Å². The lowest BCUT2D eigenvalue weighted by Crippen LogP contribution is -2.31. The van der Waals surface area contributed by atoms with Crippen LogP contribution in [-0.4, -0.2) is 18.4 Å². The topological polar surface area (TPSA) is 121 Å². The predicted molar refractivity (Wildman–Crippen MR) is 96.2 cm³/mol. The van der Waals surface area contributed by atoms with E-state index < -0.39 is 26.2 Å². The van der Waals surface area contributed by atoms with Crippen LogP contribution in [0, 0.1) is 6.92 Å². The van der Waals surface area contributed by atoms with E-state index in [9.17, 15) is 18.0 Å². The summed E-state index contributed by atoms with van der Waals surface area (Å²) in [6.07, 6.45) is 0. The Hall–Kier alpha value is -3.33. The SMILES string of the molecule is Cc1[nH]c(=O)[nH]c(=O)c1S(=O)(=O)Nc1ccccc1Oc1ccccc1. The van der Waals surface area contributed by atoms with Crippen LogP contribution >= 0.6 is 0 Å². The quantitative estimate of drug-likeness (QED) is 0.631. The molecule has 0 spiro atoms. The number of hydrogen-bond donors (Lipinski definition) is 3. The van der Waals surface area contributed by atoms with Gasteiger partial charge < -0.3 is 9.72 Å². The standard InChI is InChI=1S/C17H15N3O5S/c1-11-15(16(21)19-17(22)18-11)26(23,24)20-13-9-5-6-10-14(13)25-12-7-3-2-4-8-12/h2-10,20H,1H3,(H2,18,19,21,22). The second kappa shape index (κ2) is 6.89. The molecule has 9 heteroatoms. The number of nitrogens with one attached hydrogen (secondary N) is 3. The lowest BCUT2D eigenvalue weighted by Gasteiger charge is -2.13. The van der Waals surface area contributed by atoms with Crippen LogP contribution in [0.3, 0.4) is 0 Å². The number of H-pyrrole nitrogens is 2. The summed E-state index contributed by atoms with van der Waals surface area (Å²) >= 11 is 0. The first-order chi connectivity index (χ1) is 12.4. The first kappa shape index (κ1) is 17.5. The number of benzene rings is 2. The molecule has 0 radical (unpaired) electrons. The normalized spacial score (nSPS) is 11.1. The van der Waals surface area contributed by atoms with Crippen molar-refractivity contribution in [2.75, 3.05) is 4.72 Å². The Morgan fingerprint density at radius 3 is 2.27 bits per heavy atom. The average Bonchev–Trinajstić information content (AvgIpc) is 2.56. The van der Waals surface area contributed by atoms with E-state index in [1.807, 2.05) is 11.1 Å². The maximum Gasteiger partial charge on any atom is 0.325 e. The highest BCUT2D eigenvalue weighted by Crippen LogP contribution is 2.30. The second-order valence-corrected chi connectivity index (χ2v) is 7.00. The molecule has 0 atom stereocenters. The van der Waals surface area contributed by atoms with E-state index in [1.165, 1.54) is 13.0 Å². The maximum atomic E-state index is 12.7. The van der Waals surface area contributed by atoms with Gasteiger partial charge in [0.05, 0.1) is 5.69 Å². The van der Waals surface area contributed by atoms with Crippen LogP contribution in [-0.2, 0) is 10.0 Å². The molecule has 26 heavy (non-hydrogen) atoms. The summed E-state index contributed by atoms with van der Waals surface area (Å²) in [6, 6.07) is 15.3. The van der Waals surface area contributed by atoms with Crippen LogP contribution in [0.2, 0.25) is 0 Å². The lowest BCUT2D eigenvalue weighted by molar-refractivity contribution is 0.485. The lowest BCUT2D eigenvalue weighted by atomic mass is 10.3. The Bertz CT molecular complexity index is 1150. The summed E-state index contributed by atoms with van der Waals surface area (Å²) < 4.78 is 33.3. The minimum atomic E-state index is -4.25. The van der Waals surface area contributed by atoms with Crippen molar-refractivity contribution >= 4 is 15.7 Å². The van der Waals surface area contributed by atoms with Crippen LogP contribution in [0.5, 0.6) is 11.5 Å². The van der Waals surface area contributed by atoms with Gasteiger partial charge in [0.15, 0.2) is 10.6 Å². The van der Waals surface area contributed by atoms with Crippen molar-refractivity contribution in [1.29, 1.82) is 0 Å². The minimum Gasteiger partial charge on any atom is -0.455 e. The van der Waals surface area contributed by atoms with Crippen LogP contribution in [0.25, 0.3) is 0 Å². The molecule has 0 fully saturated rings. The molecule has 3 aromatic rings. The Morgan fingerprint density at radius 2 is 1.58 bits per heavy atom. The number of sulfonamides is 1. The van der Waals surface area contributed by atoms with Crippen molar-refractivity contribution in [2.24, 2.45) is 0 Å². The highest BCUT2D eigenvalue weighted by atomic mass is 32.2. The van der Waals surface area contributed by atoms with E-state index in [0.29, 0.717) is 5.75 Å². The van der Waals surface area contributed by atoms with Gasteiger partial charge in [-0.3, -0.25) is 14.5 Å². The fourth-order valence-electron chi connectivity index (χ4n) is 2.36. The van der Waals surface area contributed by atoms with E-state index in [4.69, 9.17) is 4.74 Å². The molecule has 0 saturated carbocycles. The molecule has 2 aromatic carbocycles. The number of rotatable bonds is 5. The third-order valence-corrected chi connectivity index (χ3v) is 4.96. The van der Waals surface area contributed by atoms with E-state index in [0.717, 1.165) is 0 Å². The zero-order chi connectivity index (χ0) is 18.7. The van der Waals surface area contributed by atoms with Gasteiger partial charge in [0.1, 0.15) is 5.75 Å². The number of aromatic amines is 2. The van der Waals surface area contributed by atoms with Crippen LogP contribution in [0.1, 0.15) is 5.69 Å². The molecular weight excluding hydrogens is 358 g/mol. The molecular formula is C17H15N3O5S. The summed E-state index contributed by atoms with van der Waals surface area (Å²) in [6.45, 7) is 1.33. The number of aryl methyl sites for hydroxylation is 1. The molecule has 0 aliphatic carbocycles. The molecule has 0 amide bonds. The average molecular weight is 373 g/mol. The molecule has 0 bridgehead atoms. The molecule has 8 nitrogen and oxygen atoms in total. The summed E-state index contributed by atoms with van der Waals surface area (Å²) in [5.41, 5.74) is -1.69. The molecule has 3 N–H and O–H groups in total. The highest BCUT2D eigenvalue weighted by molar-refractivity contribution is 7.92. The summed E-state index contributed by atoms with van der Waals surface area (Å²) in [5.74, 6) is 0.790. The minimum absolute atomic E-state index is 0.0623. The third-order valence-electron chi connectivity index (χ3n) is 3.45. The molecule has 0 aliphatic rings. The smallest absolute Gasteiger partial charge is 0.325 e. The summed E-state index contributed by atoms with van der Waals surface area (Å²) in [7, 11) is -4.25. The predicted octanol–water partition coefficient (Wildman–Crippen LogP) is 1.96. The molecule has 1 aromatic heterocycles. The van der Waals surface area contributed by atoms with Gasteiger partial charge in [-0.1, -0.05) is 30.3 Å². The van der Waals surface area contributed by atoms with Gasteiger partial charge in [-0.2, -0.15) is 0 Å². The van der Waals surface area contributed by atoms with Gasteiger partial charge in [-0.15, -0.1) is 0 Å². The van der Waals surface area contributed by atoms with Gasteiger partial charge in [-0.25, -0.2) is 13.2 Å². The fourth-order valence-corrected chi connectivity index (χ4v) is 3.67. The molecule has 3 rings (SSSR count). The van der Waals surface area contributed by atoms with Crippen molar-refractivity contribution < 1.29 is 13.2 Å². The Kier molecular flexibility index (Phi) is 4.63. The van der Waals surface area contributed by atoms with E-state index in [2.05, 4.69) is 9.71 Å². The molecule has 0 saturated heterocycles. The molecule has 0 aliphatic heterocycles. The van der Waals surface area contributed by atoms with Crippen LogP contribution in [0.4, 0.5) is 5.69 Å². The Labute approximate surface area is 148 Å². The number of anilines is 1. The van der Waals surface area contributed by atoms with E-state index >= 15 is 0 Å². The summed E-state index contributed by atoms with van der Waals surface area (Å²) in [5, 5.41) is 0. The van der Waals surface area contributed by atoms with Crippen LogP contribution in [0.15, 0.2) is 69.1 Å². The van der Waals surface area contributed by atoms with Gasteiger partial charge in [-0.05, 0) is 31.2 Å². The van der Waals surface area contributed by atoms with Gasteiger partial charge >= 0.3 is 5.69 Å². The fraction of sp³-hybridized carbons (Fsp3) is 0.0588. The molecule has 1 heterocycles. The van der Waals surface area contributed by atoms with Crippen LogP contribution < -0.4 is 20.7 Å². The number of para-hydroxylation sites is 3.